The van der Waals surface area contributed by atoms with Gasteiger partial charge in [0.25, 0.3) is 0 Å². The zero-order valence-corrected chi connectivity index (χ0v) is 10.5. The van der Waals surface area contributed by atoms with Gasteiger partial charge in [0.15, 0.2) is 0 Å². The van der Waals surface area contributed by atoms with Gasteiger partial charge in [-0.05, 0) is 25.2 Å². The number of halogens is 1. The fourth-order valence-corrected chi connectivity index (χ4v) is 1.87. The van der Waals surface area contributed by atoms with Crippen molar-refractivity contribution < 1.29 is 4.39 Å². The molecule has 0 saturated heterocycles. The predicted octanol–water partition coefficient (Wildman–Crippen LogP) is 2.71. The van der Waals surface area contributed by atoms with Crippen LogP contribution in [0.15, 0.2) is 42.6 Å². The van der Waals surface area contributed by atoms with E-state index >= 15 is 0 Å². The summed E-state index contributed by atoms with van der Waals surface area (Å²) in [4.78, 5) is 6.13. The Morgan fingerprint density at radius 3 is 2.67 bits per heavy atom. The number of nitrogens with zero attached hydrogens (tertiary/aromatic N) is 2. The number of benzene rings is 1. The molecule has 0 saturated carbocycles. The highest BCUT2D eigenvalue weighted by Crippen LogP contribution is 2.24. The van der Waals surface area contributed by atoms with Crippen LogP contribution in [-0.2, 0) is 6.54 Å². The van der Waals surface area contributed by atoms with Gasteiger partial charge >= 0.3 is 0 Å². The van der Waals surface area contributed by atoms with Crippen LogP contribution in [0.4, 0.5) is 15.9 Å². The Kier molecular flexibility index (Phi) is 3.89. The third-order valence-corrected chi connectivity index (χ3v) is 2.74. The fourth-order valence-electron chi connectivity index (χ4n) is 1.87. The van der Waals surface area contributed by atoms with Gasteiger partial charge in [-0.2, -0.15) is 0 Å². The second-order valence-corrected chi connectivity index (χ2v) is 4.06. The lowest BCUT2D eigenvalue weighted by Crippen LogP contribution is -2.16. The molecular formula is C14H16FN3. The molecule has 1 aromatic carbocycles. The van der Waals surface area contributed by atoms with Crippen LogP contribution in [0.3, 0.4) is 0 Å². The van der Waals surface area contributed by atoms with E-state index in [4.69, 9.17) is 0 Å². The standard InChI is InChI=1S/C14H16FN3/c1-16-9-11-8-12(15)10-17-14(11)18(2)13-6-4-3-5-7-13/h3-8,10,16H,9H2,1-2H3. The molecule has 0 atom stereocenters. The first-order valence-electron chi connectivity index (χ1n) is 5.80. The number of pyridine rings is 1. The summed E-state index contributed by atoms with van der Waals surface area (Å²) in [7, 11) is 3.76. The fraction of sp³-hybridized carbons (Fsp3) is 0.214. The van der Waals surface area contributed by atoms with Crippen molar-refractivity contribution in [1.29, 1.82) is 0 Å². The molecule has 0 radical (unpaired) electrons. The highest BCUT2D eigenvalue weighted by molar-refractivity contribution is 5.61. The molecule has 4 heteroatoms. The minimum Gasteiger partial charge on any atom is -0.329 e. The van der Waals surface area contributed by atoms with Crippen molar-refractivity contribution in [3.63, 3.8) is 0 Å². The molecule has 0 bridgehead atoms. The number of rotatable bonds is 4. The quantitative estimate of drug-likeness (QED) is 0.897. The largest absolute Gasteiger partial charge is 0.329 e. The number of hydrogen-bond donors (Lipinski definition) is 1. The van der Waals surface area contributed by atoms with Crippen LogP contribution in [0.2, 0.25) is 0 Å². The van der Waals surface area contributed by atoms with Crippen molar-refractivity contribution >= 4 is 11.5 Å². The summed E-state index contributed by atoms with van der Waals surface area (Å²) in [5, 5.41) is 3.02. The van der Waals surface area contributed by atoms with Crippen LogP contribution in [0.1, 0.15) is 5.56 Å². The van der Waals surface area contributed by atoms with Crippen molar-refractivity contribution in [2.75, 3.05) is 19.0 Å². The van der Waals surface area contributed by atoms with Crippen LogP contribution >= 0.6 is 0 Å². The van der Waals surface area contributed by atoms with E-state index in [1.165, 1.54) is 12.3 Å². The average Bonchev–Trinajstić information content (AvgIpc) is 2.40. The van der Waals surface area contributed by atoms with E-state index in [2.05, 4.69) is 10.3 Å². The number of anilines is 2. The van der Waals surface area contributed by atoms with E-state index in [-0.39, 0.29) is 5.82 Å². The summed E-state index contributed by atoms with van der Waals surface area (Å²) in [6.07, 6.45) is 1.24. The van der Waals surface area contributed by atoms with Gasteiger partial charge in [-0.15, -0.1) is 0 Å². The maximum atomic E-state index is 13.2. The normalized spacial score (nSPS) is 10.4. The molecule has 3 nitrogen and oxygen atoms in total. The molecule has 0 fully saturated rings. The van der Waals surface area contributed by atoms with Gasteiger partial charge in [0.2, 0.25) is 0 Å². The van der Waals surface area contributed by atoms with Gasteiger partial charge in [0.05, 0.1) is 6.20 Å². The Hall–Kier alpha value is -1.94. The summed E-state index contributed by atoms with van der Waals surface area (Å²) >= 11 is 0. The summed E-state index contributed by atoms with van der Waals surface area (Å²) in [6.45, 7) is 0.581. The van der Waals surface area contributed by atoms with Gasteiger partial charge in [-0.1, -0.05) is 18.2 Å². The molecule has 94 valence electrons. The summed E-state index contributed by atoms with van der Waals surface area (Å²) < 4.78 is 13.2. The molecular weight excluding hydrogens is 229 g/mol. The van der Waals surface area contributed by atoms with E-state index in [1.54, 1.807) is 0 Å². The topological polar surface area (TPSA) is 28.2 Å². The van der Waals surface area contributed by atoms with Crippen LogP contribution in [-0.4, -0.2) is 19.1 Å². The van der Waals surface area contributed by atoms with Crippen LogP contribution in [0.25, 0.3) is 0 Å². The van der Waals surface area contributed by atoms with Crippen LogP contribution < -0.4 is 10.2 Å². The number of nitrogens with one attached hydrogen (secondary N) is 1. The molecule has 1 aromatic heterocycles. The first-order chi connectivity index (χ1) is 8.72. The smallest absolute Gasteiger partial charge is 0.141 e. The van der Waals surface area contributed by atoms with Gasteiger partial charge in [0, 0.05) is 24.8 Å². The maximum Gasteiger partial charge on any atom is 0.141 e. The highest BCUT2D eigenvalue weighted by Gasteiger charge is 2.11. The average molecular weight is 245 g/mol. The minimum absolute atomic E-state index is 0.314. The molecule has 0 amide bonds. The van der Waals surface area contributed by atoms with E-state index in [9.17, 15) is 4.39 Å². The maximum absolute atomic E-state index is 13.2. The van der Waals surface area contributed by atoms with Gasteiger partial charge in [-0.25, -0.2) is 9.37 Å². The predicted molar refractivity (Wildman–Crippen MR) is 71.5 cm³/mol. The van der Waals surface area contributed by atoms with Crippen molar-refractivity contribution in [3.8, 4) is 0 Å². The lowest BCUT2D eigenvalue weighted by atomic mass is 10.2. The monoisotopic (exact) mass is 245 g/mol. The lowest BCUT2D eigenvalue weighted by Gasteiger charge is -2.21. The second kappa shape index (κ2) is 5.60. The Balaban J connectivity index is 2.38. The van der Waals surface area contributed by atoms with E-state index in [1.807, 2.05) is 49.3 Å². The van der Waals surface area contributed by atoms with Crippen LogP contribution in [0.5, 0.6) is 0 Å². The number of para-hydroxylation sites is 1. The zero-order chi connectivity index (χ0) is 13.0. The molecule has 2 aromatic rings. The summed E-state index contributed by atoms with van der Waals surface area (Å²) in [5.74, 6) is 0.447. The zero-order valence-electron chi connectivity index (χ0n) is 10.5. The van der Waals surface area contributed by atoms with Crippen molar-refractivity contribution in [1.82, 2.24) is 10.3 Å². The second-order valence-electron chi connectivity index (χ2n) is 4.06. The first-order valence-corrected chi connectivity index (χ1v) is 5.80. The minimum atomic E-state index is -0.314. The number of hydrogen-bond acceptors (Lipinski definition) is 3. The number of aromatic nitrogens is 1. The van der Waals surface area contributed by atoms with Crippen molar-refractivity contribution in [2.45, 2.75) is 6.54 Å². The van der Waals surface area contributed by atoms with E-state index in [0.717, 1.165) is 17.1 Å². The van der Waals surface area contributed by atoms with Crippen molar-refractivity contribution in [3.05, 3.63) is 54.0 Å². The Labute approximate surface area is 106 Å². The van der Waals surface area contributed by atoms with Crippen molar-refractivity contribution in [2.24, 2.45) is 0 Å². The Morgan fingerprint density at radius 2 is 2.00 bits per heavy atom. The molecule has 0 aliphatic heterocycles. The molecule has 0 aliphatic carbocycles. The molecule has 1 heterocycles. The van der Waals surface area contributed by atoms with Gasteiger partial charge in [-0.3, -0.25) is 0 Å². The summed E-state index contributed by atoms with van der Waals surface area (Å²) in [6, 6.07) is 11.4. The third-order valence-electron chi connectivity index (χ3n) is 2.74. The SMILES string of the molecule is CNCc1cc(F)cnc1N(C)c1ccccc1. The van der Waals surface area contributed by atoms with E-state index < -0.39 is 0 Å². The first kappa shape index (κ1) is 12.5. The van der Waals surface area contributed by atoms with Gasteiger partial charge < -0.3 is 10.2 Å². The van der Waals surface area contributed by atoms with Gasteiger partial charge in [0.1, 0.15) is 11.6 Å². The Morgan fingerprint density at radius 1 is 1.28 bits per heavy atom. The third kappa shape index (κ3) is 2.65. The van der Waals surface area contributed by atoms with Crippen LogP contribution in [0, 0.1) is 5.82 Å². The molecule has 0 spiro atoms. The molecule has 2 rings (SSSR count). The molecule has 18 heavy (non-hydrogen) atoms. The summed E-state index contributed by atoms with van der Waals surface area (Å²) in [5.41, 5.74) is 1.86. The van der Waals surface area contributed by atoms with E-state index in [0.29, 0.717) is 6.54 Å². The molecule has 1 N–H and O–H groups in total. The molecule has 0 unspecified atom stereocenters. The lowest BCUT2D eigenvalue weighted by molar-refractivity contribution is 0.616. The Bertz CT molecular complexity index is 514. The molecule has 0 aliphatic rings. The highest BCUT2D eigenvalue weighted by atomic mass is 19.1.